The molecule has 2 aromatic rings. The Labute approximate surface area is 117 Å². The van der Waals surface area contributed by atoms with Crippen LogP contribution in [-0.4, -0.2) is 11.9 Å². The molecule has 1 atom stereocenters. The molecule has 1 unspecified atom stereocenters. The first kappa shape index (κ1) is 12.7. The van der Waals surface area contributed by atoms with Crippen LogP contribution in [0.1, 0.15) is 24.1 Å². The van der Waals surface area contributed by atoms with Crippen molar-refractivity contribution in [1.82, 2.24) is 5.32 Å². The Kier molecular flexibility index (Phi) is 3.16. The molecule has 20 heavy (non-hydrogen) atoms. The van der Waals surface area contributed by atoms with E-state index in [1.807, 2.05) is 48.5 Å². The molecule has 0 aliphatic carbocycles. The van der Waals surface area contributed by atoms with E-state index in [1.165, 1.54) is 0 Å². The average Bonchev–Trinajstić information content (AvgIpc) is 2.46. The molecular formula is C16H16N2O2. The fourth-order valence-corrected chi connectivity index (χ4v) is 2.42. The number of para-hydroxylation sites is 2. The van der Waals surface area contributed by atoms with Crippen molar-refractivity contribution < 1.29 is 9.53 Å². The molecule has 0 radical (unpaired) electrons. The summed E-state index contributed by atoms with van der Waals surface area (Å²) >= 11 is 0. The first-order valence-corrected chi connectivity index (χ1v) is 6.58. The lowest BCUT2D eigenvalue weighted by Crippen LogP contribution is -2.41. The highest BCUT2D eigenvalue weighted by Crippen LogP contribution is 2.42. The molecule has 4 heteroatoms. The van der Waals surface area contributed by atoms with Crippen molar-refractivity contribution in [3.8, 4) is 11.5 Å². The Hall–Kier alpha value is -2.33. The van der Waals surface area contributed by atoms with Gasteiger partial charge in [-0.1, -0.05) is 36.4 Å². The fourth-order valence-electron chi connectivity index (χ4n) is 2.42. The average molecular weight is 268 g/mol. The van der Waals surface area contributed by atoms with Gasteiger partial charge in [-0.05, 0) is 19.1 Å². The van der Waals surface area contributed by atoms with Crippen LogP contribution in [0.15, 0.2) is 48.5 Å². The van der Waals surface area contributed by atoms with Crippen molar-refractivity contribution in [3.05, 3.63) is 59.7 Å². The maximum atomic E-state index is 11.3. The van der Waals surface area contributed by atoms with Crippen LogP contribution < -0.4 is 15.8 Å². The summed E-state index contributed by atoms with van der Waals surface area (Å²) in [7, 11) is 0. The molecule has 0 saturated carbocycles. The second-order valence-electron chi connectivity index (χ2n) is 4.90. The van der Waals surface area contributed by atoms with Crippen molar-refractivity contribution >= 4 is 5.91 Å². The summed E-state index contributed by atoms with van der Waals surface area (Å²) in [4.78, 5) is 11.3. The van der Waals surface area contributed by atoms with E-state index in [-0.39, 0.29) is 11.9 Å². The lowest BCUT2D eigenvalue weighted by atomic mass is 9.94. The Morgan fingerprint density at radius 1 is 1.10 bits per heavy atom. The van der Waals surface area contributed by atoms with Crippen molar-refractivity contribution in [2.24, 2.45) is 5.73 Å². The summed E-state index contributed by atoms with van der Waals surface area (Å²) in [6, 6.07) is 15.1. The van der Waals surface area contributed by atoms with Crippen molar-refractivity contribution in [2.75, 3.05) is 0 Å². The molecule has 1 heterocycles. The van der Waals surface area contributed by atoms with Crippen LogP contribution in [0.3, 0.4) is 0 Å². The summed E-state index contributed by atoms with van der Waals surface area (Å²) in [5.74, 6) is 1.24. The molecule has 0 bridgehead atoms. The van der Waals surface area contributed by atoms with E-state index in [1.54, 1.807) is 6.92 Å². The number of carbonyl (C=O) groups is 1. The molecule has 4 nitrogen and oxygen atoms in total. The number of hydrogen-bond donors (Lipinski definition) is 2. The lowest BCUT2D eigenvalue weighted by Gasteiger charge is -2.30. The van der Waals surface area contributed by atoms with Crippen molar-refractivity contribution in [1.29, 1.82) is 0 Å². The second-order valence-corrected chi connectivity index (χ2v) is 4.90. The molecule has 0 saturated heterocycles. The third-order valence-corrected chi connectivity index (χ3v) is 3.52. The van der Waals surface area contributed by atoms with E-state index in [0.717, 1.165) is 22.6 Å². The summed E-state index contributed by atoms with van der Waals surface area (Å²) in [6.45, 7) is 1.77. The number of amides is 1. The van der Waals surface area contributed by atoms with E-state index in [2.05, 4.69) is 5.32 Å². The number of nitrogens with one attached hydrogen (secondary N) is 1. The number of nitrogens with two attached hydrogens (primary N) is 1. The number of ether oxygens (including phenoxy) is 1. The maximum Gasteiger partial charge on any atom is 0.234 e. The fraction of sp³-hybridized carbons (Fsp3) is 0.188. The third kappa shape index (κ3) is 2.14. The van der Waals surface area contributed by atoms with Gasteiger partial charge in [-0.15, -0.1) is 0 Å². The third-order valence-electron chi connectivity index (χ3n) is 3.52. The first-order valence-electron chi connectivity index (χ1n) is 6.58. The van der Waals surface area contributed by atoms with Gasteiger partial charge in [-0.25, -0.2) is 0 Å². The highest BCUT2D eigenvalue weighted by molar-refractivity contribution is 5.79. The lowest BCUT2D eigenvalue weighted by molar-refractivity contribution is -0.119. The van der Waals surface area contributed by atoms with Gasteiger partial charge in [0.25, 0.3) is 0 Å². The zero-order valence-corrected chi connectivity index (χ0v) is 11.2. The predicted octanol–water partition coefficient (Wildman–Crippen LogP) is 2.35. The van der Waals surface area contributed by atoms with Crippen molar-refractivity contribution in [3.63, 3.8) is 0 Å². The monoisotopic (exact) mass is 268 g/mol. The Morgan fingerprint density at radius 2 is 1.60 bits per heavy atom. The van der Waals surface area contributed by atoms with Gasteiger partial charge in [-0.2, -0.15) is 0 Å². The zero-order chi connectivity index (χ0) is 14.1. The van der Waals surface area contributed by atoms with E-state index in [0.29, 0.717) is 0 Å². The number of carbonyl (C=O) groups excluding carboxylic acids is 1. The summed E-state index contributed by atoms with van der Waals surface area (Å²) in [5.41, 5.74) is 7.39. The summed E-state index contributed by atoms with van der Waals surface area (Å²) < 4.78 is 5.89. The number of rotatable bonds is 3. The van der Waals surface area contributed by atoms with E-state index < -0.39 is 6.04 Å². The molecule has 2 aromatic carbocycles. The van der Waals surface area contributed by atoms with Crippen LogP contribution in [0.25, 0.3) is 0 Å². The van der Waals surface area contributed by atoms with Gasteiger partial charge >= 0.3 is 0 Å². The smallest absolute Gasteiger partial charge is 0.234 e. The first-order chi connectivity index (χ1) is 9.66. The molecular weight excluding hydrogens is 252 g/mol. The molecule has 0 fully saturated rings. The van der Waals surface area contributed by atoms with Gasteiger partial charge in [0, 0.05) is 11.1 Å². The molecule has 0 aromatic heterocycles. The quantitative estimate of drug-likeness (QED) is 0.898. The number of fused-ring (bicyclic) bond motifs is 2. The number of benzene rings is 2. The van der Waals surface area contributed by atoms with Gasteiger partial charge in [0.1, 0.15) is 11.5 Å². The second kappa shape index (κ2) is 4.98. The van der Waals surface area contributed by atoms with Crippen molar-refractivity contribution in [2.45, 2.75) is 19.0 Å². The Morgan fingerprint density at radius 3 is 2.10 bits per heavy atom. The van der Waals surface area contributed by atoms with Gasteiger partial charge in [0.15, 0.2) is 0 Å². The minimum Gasteiger partial charge on any atom is -0.457 e. The highest BCUT2D eigenvalue weighted by atomic mass is 16.5. The van der Waals surface area contributed by atoms with Crippen LogP contribution in [0.4, 0.5) is 0 Å². The SMILES string of the molecule is CC(NC1c2ccccc2Oc2ccccc21)C(N)=O. The van der Waals surface area contributed by atoms with E-state index >= 15 is 0 Å². The molecule has 1 aliphatic rings. The largest absolute Gasteiger partial charge is 0.457 e. The Balaban J connectivity index is 2.05. The van der Waals surface area contributed by atoms with Crippen LogP contribution in [0.2, 0.25) is 0 Å². The number of primary amides is 1. The Bertz CT molecular complexity index is 609. The van der Waals surface area contributed by atoms with Crippen LogP contribution in [0, 0.1) is 0 Å². The van der Waals surface area contributed by atoms with Crippen LogP contribution in [-0.2, 0) is 4.79 Å². The summed E-state index contributed by atoms with van der Waals surface area (Å²) in [5, 5.41) is 3.28. The molecule has 102 valence electrons. The maximum absolute atomic E-state index is 11.3. The molecule has 0 spiro atoms. The van der Waals surface area contributed by atoms with E-state index in [4.69, 9.17) is 10.5 Å². The topological polar surface area (TPSA) is 64.3 Å². The van der Waals surface area contributed by atoms with Gasteiger partial charge < -0.3 is 10.5 Å². The normalized spacial score (nSPS) is 14.8. The van der Waals surface area contributed by atoms with Gasteiger partial charge in [0.2, 0.25) is 5.91 Å². The van der Waals surface area contributed by atoms with Gasteiger partial charge in [-0.3, -0.25) is 10.1 Å². The minimum absolute atomic E-state index is 0.0985. The molecule has 3 rings (SSSR count). The highest BCUT2D eigenvalue weighted by Gasteiger charge is 2.28. The molecule has 1 amide bonds. The number of hydrogen-bond acceptors (Lipinski definition) is 3. The predicted molar refractivity (Wildman–Crippen MR) is 76.6 cm³/mol. The molecule has 3 N–H and O–H groups in total. The standard InChI is InChI=1S/C16H16N2O2/c1-10(16(17)19)18-15-11-6-2-4-8-13(11)20-14-9-5-3-7-12(14)15/h2-10,15,18H,1H3,(H2,17,19). The minimum atomic E-state index is -0.417. The van der Waals surface area contributed by atoms with E-state index in [9.17, 15) is 4.79 Å². The van der Waals surface area contributed by atoms with Crippen LogP contribution >= 0.6 is 0 Å². The molecule has 1 aliphatic heterocycles. The van der Waals surface area contributed by atoms with Gasteiger partial charge in [0.05, 0.1) is 12.1 Å². The zero-order valence-electron chi connectivity index (χ0n) is 11.2. The summed E-state index contributed by atoms with van der Waals surface area (Å²) in [6.07, 6.45) is 0. The van der Waals surface area contributed by atoms with Crippen LogP contribution in [0.5, 0.6) is 11.5 Å².